The Hall–Kier alpha value is -3.38. The number of anilines is 2. The van der Waals surface area contributed by atoms with Gasteiger partial charge in [-0.25, -0.2) is 4.39 Å². The molecule has 1 saturated carbocycles. The molecule has 3 aromatic rings. The largest absolute Gasteiger partial charge is 0.382 e. The molecule has 0 spiro atoms. The minimum absolute atomic E-state index is 0.0633. The molecule has 0 radical (unpaired) electrons. The summed E-state index contributed by atoms with van der Waals surface area (Å²) < 4.78 is 14.9. The zero-order chi connectivity index (χ0) is 27.5. The fraction of sp³-hybridized carbons (Fsp3) is 0.375. The molecule has 2 N–H and O–H groups in total. The summed E-state index contributed by atoms with van der Waals surface area (Å²) in [6, 6.07) is 18.1. The lowest BCUT2D eigenvalue weighted by Crippen LogP contribution is -2.46. The van der Waals surface area contributed by atoms with Gasteiger partial charge in [0.05, 0.1) is 17.5 Å². The highest BCUT2D eigenvalue weighted by atomic mass is 35.5. The number of nitrogens with one attached hydrogen (secondary N) is 2. The highest BCUT2D eigenvalue weighted by Gasteiger charge is 2.40. The monoisotopic (exact) mass is 547 g/mol. The van der Waals surface area contributed by atoms with Gasteiger partial charge in [0.15, 0.2) is 0 Å². The van der Waals surface area contributed by atoms with Gasteiger partial charge in [-0.2, -0.15) is 0 Å². The molecular formula is C32H35ClFN3O2. The van der Waals surface area contributed by atoms with Crippen LogP contribution < -0.4 is 10.6 Å². The van der Waals surface area contributed by atoms with E-state index >= 15 is 0 Å². The van der Waals surface area contributed by atoms with Crippen molar-refractivity contribution < 1.29 is 14.0 Å². The molecule has 3 aromatic carbocycles. The van der Waals surface area contributed by atoms with Crippen LogP contribution in [0.3, 0.4) is 0 Å². The van der Waals surface area contributed by atoms with Crippen LogP contribution in [0.25, 0.3) is 0 Å². The Balaban J connectivity index is 1.47. The van der Waals surface area contributed by atoms with Gasteiger partial charge in [-0.15, -0.1) is 0 Å². The summed E-state index contributed by atoms with van der Waals surface area (Å²) in [5, 5.41) is 7.19. The minimum atomic E-state index is -0.546. The highest BCUT2D eigenvalue weighted by molar-refractivity contribution is 6.31. The van der Waals surface area contributed by atoms with Crippen LogP contribution in [0.15, 0.2) is 60.7 Å². The molecule has 2 fully saturated rings. The molecule has 1 aliphatic carbocycles. The van der Waals surface area contributed by atoms with Crippen LogP contribution in [-0.4, -0.2) is 29.3 Å². The minimum Gasteiger partial charge on any atom is -0.382 e. The summed E-state index contributed by atoms with van der Waals surface area (Å²) in [5.41, 5.74) is 4.06. The molecule has 5 nitrogen and oxygen atoms in total. The van der Waals surface area contributed by atoms with Crippen LogP contribution in [0.4, 0.5) is 15.8 Å². The Morgan fingerprint density at radius 3 is 2.31 bits per heavy atom. The van der Waals surface area contributed by atoms with Gasteiger partial charge in [-0.1, -0.05) is 54.8 Å². The first kappa shape index (κ1) is 27.2. The topological polar surface area (TPSA) is 61.4 Å². The maximum absolute atomic E-state index is 14.9. The molecule has 5 rings (SSSR count). The van der Waals surface area contributed by atoms with E-state index in [1.54, 1.807) is 30.0 Å². The Labute approximate surface area is 234 Å². The Morgan fingerprint density at radius 1 is 0.897 bits per heavy atom. The van der Waals surface area contributed by atoms with Gasteiger partial charge in [0, 0.05) is 29.0 Å². The maximum Gasteiger partial charge on any atom is 0.257 e. The average molecular weight is 548 g/mol. The summed E-state index contributed by atoms with van der Waals surface area (Å²) in [4.78, 5) is 29.2. The van der Waals surface area contributed by atoms with E-state index in [-0.39, 0.29) is 17.4 Å². The first-order valence-electron chi connectivity index (χ1n) is 13.8. The number of nitrogens with zero attached hydrogens (tertiary/aromatic N) is 1. The second-order valence-corrected chi connectivity index (χ2v) is 11.2. The SMILES string of the molecule is Cc1ccc(NC(=O)[C@H]2CCCN(C(=O)c3c(C)cccc3F)[C@H]2c2ccc(NC3CCCC3)cc2)cc1Cl. The van der Waals surface area contributed by atoms with Crippen LogP contribution in [0, 0.1) is 25.6 Å². The molecule has 204 valence electrons. The molecule has 0 bridgehead atoms. The highest BCUT2D eigenvalue weighted by Crippen LogP contribution is 2.39. The predicted octanol–water partition coefficient (Wildman–Crippen LogP) is 7.68. The van der Waals surface area contributed by atoms with Crippen LogP contribution in [0.2, 0.25) is 5.02 Å². The summed E-state index contributed by atoms with van der Waals surface area (Å²) in [7, 11) is 0. The predicted molar refractivity (Wildman–Crippen MR) is 155 cm³/mol. The van der Waals surface area contributed by atoms with Gasteiger partial charge >= 0.3 is 0 Å². The first-order chi connectivity index (χ1) is 18.8. The standard InChI is InChI=1S/C32H35ClFN3O2/c1-20-12-15-25(19-27(20)33)36-31(38)26-10-6-18-37(32(39)29-21(2)7-5-11-28(29)34)30(26)22-13-16-24(17-14-22)35-23-8-3-4-9-23/h5,7,11-17,19,23,26,30,35H,3-4,6,8-10,18H2,1-2H3,(H,36,38)/t26-,30-/m0/s1. The molecule has 1 saturated heterocycles. The molecule has 1 heterocycles. The third-order valence-corrected chi connectivity index (χ3v) is 8.49. The second kappa shape index (κ2) is 11.8. The number of hydrogen-bond acceptors (Lipinski definition) is 3. The second-order valence-electron chi connectivity index (χ2n) is 10.8. The van der Waals surface area contributed by atoms with Crippen molar-refractivity contribution >= 4 is 34.8 Å². The Morgan fingerprint density at radius 2 is 1.62 bits per heavy atom. The molecule has 0 aromatic heterocycles. The van der Waals surface area contributed by atoms with E-state index in [9.17, 15) is 14.0 Å². The van der Waals surface area contributed by atoms with Gasteiger partial charge < -0.3 is 15.5 Å². The third-order valence-electron chi connectivity index (χ3n) is 8.08. The number of hydrogen-bond donors (Lipinski definition) is 2. The van der Waals surface area contributed by atoms with E-state index in [1.165, 1.54) is 31.7 Å². The van der Waals surface area contributed by atoms with Gasteiger partial charge in [0.1, 0.15) is 5.82 Å². The molecule has 2 amide bonds. The van der Waals surface area contributed by atoms with E-state index < -0.39 is 17.8 Å². The molecule has 39 heavy (non-hydrogen) atoms. The van der Waals surface area contributed by atoms with E-state index in [0.717, 1.165) is 16.8 Å². The van der Waals surface area contributed by atoms with Crippen LogP contribution in [0.1, 0.15) is 71.6 Å². The normalized spacial score (nSPS) is 19.6. The molecule has 1 aliphatic heterocycles. The average Bonchev–Trinajstić information content (AvgIpc) is 3.44. The summed E-state index contributed by atoms with van der Waals surface area (Å²) in [6.45, 7) is 4.09. The van der Waals surface area contributed by atoms with Crippen molar-refractivity contribution in [3.05, 3.63) is 93.8 Å². The molecule has 2 aliphatic rings. The number of rotatable bonds is 6. The van der Waals surface area contributed by atoms with Crippen molar-refractivity contribution in [2.24, 2.45) is 5.92 Å². The van der Waals surface area contributed by atoms with Gasteiger partial charge in [-0.3, -0.25) is 9.59 Å². The number of halogens is 2. The molecule has 7 heteroatoms. The van der Waals surface area contributed by atoms with Crippen LogP contribution >= 0.6 is 11.6 Å². The fourth-order valence-corrected chi connectivity index (χ4v) is 6.13. The van der Waals surface area contributed by atoms with Crippen LogP contribution in [0.5, 0.6) is 0 Å². The van der Waals surface area contributed by atoms with Gasteiger partial charge in [0.25, 0.3) is 5.91 Å². The van der Waals surface area contributed by atoms with Gasteiger partial charge in [0.2, 0.25) is 5.91 Å². The summed E-state index contributed by atoms with van der Waals surface area (Å²) in [6.07, 6.45) is 6.07. The third kappa shape index (κ3) is 5.96. The van der Waals surface area contributed by atoms with Crippen molar-refractivity contribution in [3.8, 4) is 0 Å². The lowest BCUT2D eigenvalue weighted by molar-refractivity contribution is -0.123. The lowest BCUT2D eigenvalue weighted by Gasteiger charge is -2.41. The number of carbonyl (C=O) groups excluding carboxylic acids is 2. The Bertz CT molecular complexity index is 1330. The van der Waals surface area contributed by atoms with E-state index in [1.807, 2.05) is 43.3 Å². The molecule has 2 atom stereocenters. The zero-order valence-electron chi connectivity index (χ0n) is 22.5. The molecular weight excluding hydrogens is 513 g/mol. The lowest BCUT2D eigenvalue weighted by atomic mass is 9.83. The number of carbonyl (C=O) groups is 2. The van der Waals surface area contributed by atoms with E-state index in [2.05, 4.69) is 10.6 Å². The maximum atomic E-state index is 14.9. The fourth-order valence-electron chi connectivity index (χ4n) is 5.94. The number of likely N-dealkylation sites (tertiary alicyclic amines) is 1. The van der Waals surface area contributed by atoms with Gasteiger partial charge in [-0.05, 0) is 86.6 Å². The smallest absolute Gasteiger partial charge is 0.257 e. The van der Waals surface area contributed by atoms with Crippen molar-refractivity contribution in [1.29, 1.82) is 0 Å². The van der Waals surface area contributed by atoms with E-state index in [4.69, 9.17) is 11.6 Å². The number of aryl methyl sites for hydroxylation is 2. The van der Waals surface area contributed by atoms with Crippen molar-refractivity contribution in [2.75, 3.05) is 17.2 Å². The van der Waals surface area contributed by atoms with Crippen molar-refractivity contribution in [2.45, 2.75) is 64.5 Å². The number of amides is 2. The quantitative estimate of drug-likeness (QED) is 0.332. The van der Waals surface area contributed by atoms with E-state index in [0.29, 0.717) is 41.7 Å². The Kier molecular flexibility index (Phi) is 8.22. The number of benzene rings is 3. The van der Waals surface area contributed by atoms with Crippen molar-refractivity contribution in [3.63, 3.8) is 0 Å². The molecule has 0 unspecified atom stereocenters. The summed E-state index contributed by atoms with van der Waals surface area (Å²) in [5.74, 6) is -1.63. The van der Waals surface area contributed by atoms with Crippen molar-refractivity contribution in [1.82, 2.24) is 4.90 Å². The van der Waals surface area contributed by atoms with Crippen LogP contribution in [-0.2, 0) is 4.79 Å². The zero-order valence-corrected chi connectivity index (χ0v) is 23.2. The summed E-state index contributed by atoms with van der Waals surface area (Å²) >= 11 is 6.30. The number of piperidine rings is 1. The first-order valence-corrected chi connectivity index (χ1v) is 14.2.